The lowest BCUT2D eigenvalue weighted by Crippen LogP contribution is -2.34. The molecule has 5 heteroatoms. The van der Waals surface area contributed by atoms with Crippen molar-refractivity contribution < 1.29 is 4.79 Å². The van der Waals surface area contributed by atoms with Gasteiger partial charge in [0.05, 0.1) is 0 Å². The number of aromatic amines is 1. The quantitative estimate of drug-likeness (QED) is 0.889. The van der Waals surface area contributed by atoms with Gasteiger partial charge in [-0.3, -0.25) is 9.59 Å². The van der Waals surface area contributed by atoms with Gasteiger partial charge < -0.3 is 15.2 Å². The van der Waals surface area contributed by atoms with Gasteiger partial charge in [-0.1, -0.05) is 12.8 Å². The van der Waals surface area contributed by atoms with E-state index in [1.807, 2.05) is 0 Å². The third kappa shape index (κ3) is 3.58. The summed E-state index contributed by atoms with van der Waals surface area (Å²) in [4.78, 5) is 29.2. The summed E-state index contributed by atoms with van der Waals surface area (Å²) in [5.74, 6) is 0.348. The first-order chi connectivity index (χ1) is 10.6. The fourth-order valence-corrected chi connectivity index (χ4v) is 3.77. The Bertz CT molecular complexity index is 590. The predicted molar refractivity (Wildman–Crippen MR) is 86.1 cm³/mol. The maximum absolute atomic E-state index is 12.1. The first kappa shape index (κ1) is 15.3. The number of rotatable bonds is 4. The molecule has 0 radical (unpaired) electrons. The van der Waals surface area contributed by atoms with E-state index in [4.69, 9.17) is 0 Å². The van der Waals surface area contributed by atoms with Gasteiger partial charge >= 0.3 is 0 Å². The van der Waals surface area contributed by atoms with Crippen LogP contribution in [-0.4, -0.2) is 41.5 Å². The first-order valence-corrected chi connectivity index (χ1v) is 8.35. The molecular weight excluding hydrogens is 278 g/mol. The Balaban J connectivity index is 1.50. The van der Waals surface area contributed by atoms with Crippen LogP contribution in [-0.2, 0) is 0 Å². The number of hydrogen-bond acceptors (Lipinski definition) is 3. The first-order valence-electron chi connectivity index (χ1n) is 8.35. The van der Waals surface area contributed by atoms with Crippen molar-refractivity contribution in [2.24, 2.45) is 5.92 Å². The van der Waals surface area contributed by atoms with Crippen LogP contribution in [0, 0.1) is 12.8 Å². The molecule has 22 heavy (non-hydrogen) atoms. The molecule has 2 heterocycles. The summed E-state index contributed by atoms with van der Waals surface area (Å²) in [6.45, 7) is 4.73. The van der Waals surface area contributed by atoms with Crippen LogP contribution in [0.2, 0.25) is 0 Å². The van der Waals surface area contributed by atoms with Crippen LogP contribution in [0.15, 0.2) is 16.9 Å². The van der Waals surface area contributed by atoms with E-state index in [1.165, 1.54) is 37.8 Å². The number of likely N-dealkylation sites (tertiary alicyclic amines) is 1. The number of carbonyl (C=O) groups excluding carboxylic acids is 1. The third-order valence-electron chi connectivity index (χ3n) is 4.93. The van der Waals surface area contributed by atoms with Crippen LogP contribution in [0.3, 0.4) is 0 Å². The van der Waals surface area contributed by atoms with E-state index in [-0.39, 0.29) is 11.3 Å². The monoisotopic (exact) mass is 303 g/mol. The van der Waals surface area contributed by atoms with Crippen molar-refractivity contribution in [3.8, 4) is 0 Å². The molecule has 1 aliphatic heterocycles. The van der Waals surface area contributed by atoms with Gasteiger partial charge in [-0.25, -0.2) is 0 Å². The number of nitrogens with one attached hydrogen (secondary N) is 2. The van der Waals surface area contributed by atoms with Gasteiger partial charge in [-0.2, -0.15) is 0 Å². The fourth-order valence-electron chi connectivity index (χ4n) is 3.77. The summed E-state index contributed by atoms with van der Waals surface area (Å²) >= 11 is 0. The molecule has 1 aliphatic carbocycles. The highest BCUT2D eigenvalue weighted by atomic mass is 16.2. The van der Waals surface area contributed by atoms with E-state index in [0.29, 0.717) is 23.9 Å². The van der Waals surface area contributed by atoms with Crippen LogP contribution in [0.1, 0.15) is 48.3 Å². The van der Waals surface area contributed by atoms with Crippen LogP contribution in [0.25, 0.3) is 0 Å². The van der Waals surface area contributed by atoms with Crippen molar-refractivity contribution in [3.63, 3.8) is 0 Å². The Morgan fingerprint density at radius 2 is 2.09 bits per heavy atom. The normalized spacial score (nSPS) is 23.0. The summed E-state index contributed by atoms with van der Waals surface area (Å²) in [5, 5.41) is 2.97. The number of aromatic nitrogens is 1. The molecule has 2 N–H and O–H groups in total. The van der Waals surface area contributed by atoms with Crippen molar-refractivity contribution in [2.45, 2.75) is 45.1 Å². The Labute approximate surface area is 131 Å². The zero-order chi connectivity index (χ0) is 15.5. The molecule has 1 aromatic rings. The molecule has 0 spiro atoms. The third-order valence-corrected chi connectivity index (χ3v) is 4.93. The summed E-state index contributed by atoms with van der Waals surface area (Å²) in [7, 11) is 0. The number of amides is 1. The van der Waals surface area contributed by atoms with E-state index in [1.54, 1.807) is 6.92 Å². The van der Waals surface area contributed by atoms with Crippen molar-refractivity contribution in [1.82, 2.24) is 15.2 Å². The van der Waals surface area contributed by atoms with Crippen LogP contribution in [0.4, 0.5) is 0 Å². The number of hydrogen-bond donors (Lipinski definition) is 2. The number of nitrogens with zero attached hydrogens (tertiary/aromatic N) is 1. The SMILES string of the molecule is Cc1cc(=O)cc(C(=O)NCC2CCN(C3CCCC3)C2)[nH]1. The van der Waals surface area contributed by atoms with E-state index >= 15 is 0 Å². The molecule has 3 rings (SSSR count). The molecule has 1 saturated carbocycles. The molecular formula is C17H25N3O2. The van der Waals surface area contributed by atoms with Gasteiger partial charge in [0.2, 0.25) is 0 Å². The topological polar surface area (TPSA) is 65.2 Å². The van der Waals surface area contributed by atoms with Crippen LogP contribution < -0.4 is 10.7 Å². The summed E-state index contributed by atoms with van der Waals surface area (Å²) in [6, 6.07) is 3.63. The molecule has 1 unspecified atom stereocenters. The highest BCUT2D eigenvalue weighted by molar-refractivity contribution is 5.92. The second kappa shape index (κ2) is 6.65. The lowest BCUT2D eigenvalue weighted by molar-refractivity contribution is 0.0941. The van der Waals surface area contributed by atoms with Gasteiger partial charge in [0.15, 0.2) is 5.43 Å². The van der Waals surface area contributed by atoms with Gasteiger partial charge in [-0.05, 0) is 38.6 Å². The molecule has 1 aromatic heterocycles. The Hall–Kier alpha value is -1.62. The Morgan fingerprint density at radius 3 is 2.82 bits per heavy atom. The molecule has 2 fully saturated rings. The molecule has 1 amide bonds. The van der Waals surface area contributed by atoms with E-state index in [9.17, 15) is 9.59 Å². The predicted octanol–water partition coefficient (Wildman–Crippen LogP) is 1.68. The summed E-state index contributed by atoms with van der Waals surface area (Å²) in [6.07, 6.45) is 6.56. The molecule has 1 atom stereocenters. The standard InChI is InChI=1S/C17H25N3O2/c1-12-8-15(21)9-16(19-12)17(22)18-10-13-6-7-20(11-13)14-4-2-3-5-14/h8-9,13-14H,2-7,10-11H2,1H3,(H,18,22)(H,19,21). The molecule has 120 valence electrons. The smallest absolute Gasteiger partial charge is 0.267 e. The Morgan fingerprint density at radius 1 is 1.32 bits per heavy atom. The lowest BCUT2D eigenvalue weighted by atomic mass is 10.1. The summed E-state index contributed by atoms with van der Waals surface area (Å²) in [5.41, 5.74) is 0.941. The number of pyridine rings is 1. The lowest BCUT2D eigenvalue weighted by Gasteiger charge is -2.23. The highest BCUT2D eigenvalue weighted by Crippen LogP contribution is 2.28. The van der Waals surface area contributed by atoms with Gasteiger partial charge in [0.25, 0.3) is 5.91 Å². The average Bonchev–Trinajstić information content (AvgIpc) is 3.14. The molecule has 5 nitrogen and oxygen atoms in total. The molecule has 2 aliphatic rings. The van der Waals surface area contributed by atoms with E-state index in [0.717, 1.165) is 25.6 Å². The fraction of sp³-hybridized carbons (Fsp3) is 0.647. The number of aryl methyl sites for hydroxylation is 1. The van der Waals surface area contributed by atoms with Gasteiger partial charge in [-0.15, -0.1) is 0 Å². The second-order valence-electron chi connectivity index (χ2n) is 6.71. The minimum Gasteiger partial charge on any atom is -0.354 e. The average molecular weight is 303 g/mol. The number of H-pyrrole nitrogens is 1. The second-order valence-corrected chi connectivity index (χ2v) is 6.71. The van der Waals surface area contributed by atoms with Crippen molar-refractivity contribution in [1.29, 1.82) is 0 Å². The van der Waals surface area contributed by atoms with Crippen molar-refractivity contribution >= 4 is 5.91 Å². The zero-order valence-corrected chi connectivity index (χ0v) is 13.2. The van der Waals surface area contributed by atoms with Crippen molar-refractivity contribution in [2.75, 3.05) is 19.6 Å². The maximum atomic E-state index is 12.1. The molecule has 0 bridgehead atoms. The Kier molecular flexibility index (Phi) is 4.62. The van der Waals surface area contributed by atoms with Crippen LogP contribution >= 0.6 is 0 Å². The van der Waals surface area contributed by atoms with Crippen molar-refractivity contribution in [3.05, 3.63) is 33.7 Å². The minimum atomic E-state index is -0.180. The maximum Gasteiger partial charge on any atom is 0.267 e. The molecule has 1 saturated heterocycles. The zero-order valence-electron chi connectivity index (χ0n) is 13.2. The van der Waals surface area contributed by atoms with Gasteiger partial charge in [0.1, 0.15) is 5.69 Å². The minimum absolute atomic E-state index is 0.130. The largest absolute Gasteiger partial charge is 0.354 e. The number of carbonyl (C=O) groups is 1. The molecule has 0 aromatic carbocycles. The van der Waals surface area contributed by atoms with Gasteiger partial charge in [0, 0.05) is 37.0 Å². The van der Waals surface area contributed by atoms with E-state index < -0.39 is 0 Å². The highest BCUT2D eigenvalue weighted by Gasteiger charge is 2.29. The van der Waals surface area contributed by atoms with E-state index in [2.05, 4.69) is 15.2 Å². The van der Waals surface area contributed by atoms with Crippen LogP contribution in [0.5, 0.6) is 0 Å². The summed E-state index contributed by atoms with van der Waals surface area (Å²) < 4.78 is 0.